The van der Waals surface area contributed by atoms with Crippen molar-refractivity contribution in [3.05, 3.63) is 71.8 Å². The molecular weight excluding hydrogens is 348 g/mol. The van der Waals surface area contributed by atoms with Gasteiger partial charge in [0.25, 0.3) is 0 Å². The van der Waals surface area contributed by atoms with E-state index >= 15 is 0 Å². The fourth-order valence-corrected chi connectivity index (χ4v) is 2.11. The van der Waals surface area contributed by atoms with E-state index < -0.39 is 17.7 Å². The van der Waals surface area contributed by atoms with Crippen molar-refractivity contribution in [2.45, 2.75) is 32.6 Å². The summed E-state index contributed by atoms with van der Waals surface area (Å²) in [7, 11) is 0. The monoisotopic (exact) mass is 370 g/mol. The summed E-state index contributed by atoms with van der Waals surface area (Å²) in [4.78, 5) is 35.8. The van der Waals surface area contributed by atoms with Crippen LogP contribution in [0, 0.1) is 0 Å². The third-order valence-electron chi connectivity index (χ3n) is 3.67. The van der Waals surface area contributed by atoms with Gasteiger partial charge in [0.1, 0.15) is 25.0 Å². The number of benzene rings is 2. The van der Waals surface area contributed by atoms with E-state index in [0.29, 0.717) is 6.29 Å². The highest BCUT2D eigenvalue weighted by molar-refractivity contribution is 5.79. The Morgan fingerprint density at radius 1 is 0.926 bits per heavy atom. The van der Waals surface area contributed by atoms with Crippen LogP contribution < -0.4 is 5.43 Å². The smallest absolute Gasteiger partial charge is 0.430 e. The lowest BCUT2D eigenvalue weighted by atomic mass is 10.1. The van der Waals surface area contributed by atoms with Crippen LogP contribution >= 0.6 is 0 Å². The lowest BCUT2D eigenvalue weighted by molar-refractivity contribution is -0.117. The molecular formula is C20H22N2O5. The van der Waals surface area contributed by atoms with Crippen molar-refractivity contribution in [1.29, 1.82) is 0 Å². The van der Waals surface area contributed by atoms with Gasteiger partial charge in [-0.1, -0.05) is 60.7 Å². The minimum atomic E-state index is -1.32. The molecule has 7 nitrogen and oxygen atoms in total. The number of nitrogens with one attached hydrogen (secondary N) is 1. The van der Waals surface area contributed by atoms with Crippen molar-refractivity contribution in [2.75, 3.05) is 0 Å². The average Bonchev–Trinajstić information content (AvgIpc) is 2.70. The Labute approximate surface area is 157 Å². The Kier molecular flexibility index (Phi) is 6.93. The van der Waals surface area contributed by atoms with Crippen LogP contribution in [-0.2, 0) is 27.5 Å². The lowest BCUT2D eigenvalue weighted by Crippen LogP contribution is -2.58. The molecule has 2 aromatic rings. The first-order valence-electron chi connectivity index (χ1n) is 8.37. The van der Waals surface area contributed by atoms with E-state index in [-0.39, 0.29) is 13.2 Å². The molecule has 1 N–H and O–H groups in total. The molecule has 2 aromatic carbocycles. The normalized spacial score (nSPS) is 10.6. The van der Waals surface area contributed by atoms with E-state index in [1.165, 1.54) is 13.8 Å². The number of nitrogens with zero attached hydrogens (tertiary/aromatic N) is 1. The topological polar surface area (TPSA) is 84.9 Å². The summed E-state index contributed by atoms with van der Waals surface area (Å²) in [6, 6.07) is 18.2. The summed E-state index contributed by atoms with van der Waals surface area (Å²) in [5.74, 6) is 0. The third kappa shape index (κ3) is 6.14. The predicted octanol–water partition coefficient (Wildman–Crippen LogP) is 3.44. The van der Waals surface area contributed by atoms with Crippen LogP contribution in [0.15, 0.2) is 60.7 Å². The van der Waals surface area contributed by atoms with Crippen molar-refractivity contribution in [3.63, 3.8) is 0 Å². The van der Waals surface area contributed by atoms with Crippen LogP contribution in [0.3, 0.4) is 0 Å². The second kappa shape index (κ2) is 9.38. The van der Waals surface area contributed by atoms with E-state index in [4.69, 9.17) is 9.47 Å². The molecule has 0 heterocycles. The number of carbonyl (C=O) groups excluding carboxylic acids is 3. The van der Waals surface area contributed by atoms with Crippen molar-refractivity contribution < 1.29 is 23.9 Å². The maximum Gasteiger partial charge on any atom is 0.430 e. The average molecular weight is 370 g/mol. The third-order valence-corrected chi connectivity index (χ3v) is 3.67. The Hall–Kier alpha value is -3.35. The fraction of sp³-hybridized carbons (Fsp3) is 0.250. The Morgan fingerprint density at radius 3 is 1.89 bits per heavy atom. The number of hydrogen-bond acceptors (Lipinski definition) is 5. The quantitative estimate of drug-likeness (QED) is 0.622. The summed E-state index contributed by atoms with van der Waals surface area (Å²) in [6.45, 7) is 2.98. The number of rotatable bonds is 6. The summed E-state index contributed by atoms with van der Waals surface area (Å²) in [5, 5.41) is 0.816. The van der Waals surface area contributed by atoms with Gasteiger partial charge >= 0.3 is 12.2 Å². The number of hydrazine groups is 1. The van der Waals surface area contributed by atoms with Gasteiger partial charge < -0.3 is 14.3 Å². The largest absolute Gasteiger partial charge is 0.443 e. The van der Waals surface area contributed by atoms with Gasteiger partial charge in [-0.15, -0.1) is 0 Å². The molecule has 7 heteroatoms. The van der Waals surface area contributed by atoms with E-state index in [2.05, 4.69) is 5.43 Å². The van der Waals surface area contributed by atoms with E-state index in [1.807, 2.05) is 36.4 Å². The summed E-state index contributed by atoms with van der Waals surface area (Å²) in [5.41, 5.74) is 2.53. The zero-order chi connectivity index (χ0) is 19.7. The summed E-state index contributed by atoms with van der Waals surface area (Å²) < 4.78 is 10.3. The molecule has 0 unspecified atom stereocenters. The van der Waals surface area contributed by atoms with Crippen LogP contribution in [-0.4, -0.2) is 29.0 Å². The first kappa shape index (κ1) is 20.0. The molecule has 0 aliphatic heterocycles. The predicted molar refractivity (Wildman–Crippen MR) is 98.4 cm³/mol. The molecule has 0 bridgehead atoms. The maximum absolute atomic E-state index is 12.4. The molecule has 0 atom stereocenters. The zero-order valence-corrected chi connectivity index (χ0v) is 15.3. The number of hydrogen-bond donors (Lipinski definition) is 1. The van der Waals surface area contributed by atoms with Gasteiger partial charge in [0, 0.05) is 0 Å². The van der Waals surface area contributed by atoms with E-state index in [9.17, 15) is 14.4 Å². The number of ether oxygens (including phenoxy) is 2. The van der Waals surface area contributed by atoms with Crippen LogP contribution in [0.5, 0.6) is 0 Å². The van der Waals surface area contributed by atoms with E-state index in [1.54, 1.807) is 24.3 Å². The number of aldehydes is 1. The van der Waals surface area contributed by atoms with Crippen molar-refractivity contribution in [1.82, 2.24) is 10.4 Å². The van der Waals surface area contributed by atoms with Gasteiger partial charge in [0.05, 0.1) is 0 Å². The standard InChI is InChI=1S/C20H22N2O5/c1-20(2,15-23)22(19(25)27-14-17-11-7-4-8-12-17)21-18(24)26-13-16-9-5-3-6-10-16/h3-12,15H,13-14H2,1-2H3,(H,21,24). The highest BCUT2D eigenvalue weighted by atomic mass is 16.6. The van der Waals surface area contributed by atoms with Crippen molar-refractivity contribution in [2.24, 2.45) is 0 Å². The first-order chi connectivity index (χ1) is 12.9. The molecule has 0 aliphatic carbocycles. The van der Waals surface area contributed by atoms with Gasteiger partial charge in [-0.25, -0.2) is 20.0 Å². The van der Waals surface area contributed by atoms with Gasteiger partial charge in [-0.3, -0.25) is 0 Å². The van der Waals surface area contributed by atoms with E-state index in [0.717, 1.165) is 16.1 Å². The minimum absolute atomic E-state index is 0.00581. The van der Waals surface area contributed by atoms with Gasteiger partial charge in [0.2, 0.25) is 0 Å². The lowest BCUT2D eigenvalue weighted by Gasteiger charge is -2.32. The van der Waals surface area contributed by atoms with Crippen LogP contribution in [0.4, 0.5) is 9.59 Å². The SMILES string of the molecule is CC(C)(C=O)N(NC(=O)OCc1ccccc1)C(=O)OCc1ccccc1. The second-order valence-electron chi connectivity index (χ2n) is 6.32. The number of carbonyl (C=O) groups is 3. The first-order valence-corrected chi connectivity index (χ1v) is 8.37. The summed E-state index contributed by atoms with van der Waals surface area (Å²) >= 11 is 0. The van der Waals surface area contributed by atoms with Crippen molar-refractivity contribution >= 4 is 18.5 Å². The molecule has 2 amide bonds. The van der Waals surface area contributed by atoms with Gasteiger partial charge in [0.15, 0.2) is 0 Å². The second-order valence-corrected chi connectivity index (χ2v) is 6.32. The fourth-order valence-electron chi connectivity index (χ4n) is 2.11. The molecule has 0 fully saturated rings. The van der Waals surface area contributed by atoms with Crippen LogP contribution in [0.1, 0.15) is 25.0 Å². The maximum atomic E-state index is 12.4. The molecule has 27 heavy (non-hydrogen) atoms. The molecule has 2 rings (SSSR count). The van der Waals surface area contributed by atoms with Crippen molar-refractivity contribution in [3.8, 4) is 0 Å². The molecule has 0 aliphatic rings. The Bertz CT molecular complexity index is 762. The molecule has 0 radical (unpaired) electrons. The Morgan fingerprint density at radius 2 is 1.41 bits per heavy atom. The highest BCUT2D eigenvalue weighted by Gasteiger charge is 2.34. The molecule has 142 valence electrons. The van der Waals surface area contributed by atoms with Crippen LogP contribution in [0.2, 0.25) is 0 Å². The summed E-state index contributed by atoms with van der Waals surface area (Å²) in [6.07, 6.45) is -1.20. The molecule has 0 saturated carbocycles. The zero-order valence-electron chi connectivity index (χ0n) is 15.3. The highest BCUT2D eigenvalue weighted by Crippen LogP contribution is 2.12. The van der Waals surface area contributed by atoms with Gasteiger partial charge in [-0.05, 0) is 25.0 Å². The molecule has 0 spiro atoms. The van der Waals surface area contributed by atoms with Gasteiger partial charge in [-0.2, -0.15) is 0 Å². The number of amides is 2. The molecule has 0 saturated heterocycles. The van der Waals surface area contributed by atoms with Crippen LogP contribution in [0.25, 0.3) is 0 Å². The minimum Gasteiger partial charge on any atom is -0.443 e. The molecule has 0 aromatic heterocycles. The Balaban J connectivity index is 1.97.